The molecule has 1 amide bonds. The lowest BCUT2D eigenvalue weighted by atomic mass is 9.73. The smallest absolute Gasteiger partial charge is 0.409 e. The lowest BCUT2D eigenvalue weighted by Crippen LogP contribution is -2.44. The normalized spacial score (nSPS) is 17.0. The van der Waals surface area contributed by atoms with E-state index in [4.69, 9.17) is 21.8 Å². The van der Waals surface area contributed by atoms with Crippen LogP contribution in [-0.2, 0) is 21.4 Å². The van der Waals surface area contributed by atoms with Gasteiger partial charge in [0.15, 0.2) is 5.69 Å². The Morgan fingerprint density at radius 1 is 1.10 bits per heavy atom. The number of anilines is 1. The van der Waals surface area contributed by atoms with Gasteiger partial charge < -0.3 is 25.2 Å². The maximum Gasteiger partial charge on any atom is 0.409 e. The monoisotopic (exact) mass is 562 g/mol. The van der Waals surface area contributed by atoms with Crippen molar-refractivity contribution in [3.63, 3.8) is 0 Å². The van der Waals surface area contributed by atoms with E-state index in [1.165, 1.54) is 12.7 Å². The van der Waals surface area contributed by atoms with Crippen molar-refractivity contribution in [3.8, 4) is 16.9 Å². The molecule has 1 aliphatic carbocycles. The van der Waals surface area contributed by atoms with Crippen molar-refractivity contribution < 1.29 is 24.2 Å². The maximum atomic E-state index is 12.2. The fourth-order valence-electron chi connectivity index (χ4n) is 6.45. The van der Waals surface area contributed by atoms with Crippen LogP contribution in [0, 0.1) is 6.57 Å². The van der Waals surface area contributed by atoms with E-state index in [1.807, 2.05) is 18.2 Å². The number of pyridine rings is 1. The number of carbonyl (C=O) groups is 2. The number of piperidine rings is 1. The van der Waals surface area contributed by atoms with E-state index >= 15 is 0 Å². The third kappa shape index (κ3) is 4.85. The fraction of sp³-hybridized carbons (Fsp3) is 0.273. The zero-order valence-corrected chi connectivity index (χ0v) is 23.2. The van der Waals surface area contributed by atoms with Gasteiger partial charge >= 0.3 is 12.1 Å². The average Bonchev–Trinajstić information content (AvgIpc) is 3.29. The number of benzene rings is 3. The van der Waals surface area contributed by atoms with Crippen molar-refractivity contribution in [1.82, 2.24) is 9.88 Å². The van der Waals surface area contributed by atoms with Gasteiger partial charge in [-0.25, -0.2) is 14.6 Å². The summed E-state index contributed by atoms with van der Waals surface area (Å²) in [5.41, 5.74) is 11.0. The highest BCUT2D eigenvalue weighted by atomic mass is 16.5. The third-order valence-corrected chi connectivity index (χ3v) is 8.62. The second-order valence-corrected chi connectivity index (χ2v) is 11.0. The summed E-state index contributed by atoms with van der Waals surface area (Å²) in [6.45, 7) is 8.60. The van der Waals surface area contributed by atoms with Crippen LogP contribution in [0.3, 0.4) is 0 Å². The van der Waals surface area contributed by atoms with Gasteiger partial charge in [-0.05, 0) is 71.2 Å². The van der Waals surface area contributed by atoms with Gasteiger partial charge in [-0.15, -0.1) is 0 Å². The third-order valence-electron chi connectivity index (χ3n) is 8.62. The Morgan fingerprint density at radius 3 is 2.60 bits per heavy atom. The molecular formula is C33H30N4O5. The van der Waals surface area contributed by atoms with Crippen molar-refractivity contribution in [3.05, 3.63) is 95.0 Å². The van der Waals surface area contributed by atoms with Gasteiger partial charge in [-0.3, -0.25) is 4.79 Å². The van der Waals surface area contributed by atoms with Crippen LogP contribution < -0.4 is 10.5 Å². The number of carbonyl (C=O) groups excluding carboxylic acids is 1. The minimum Gasteiger partial charge on any atom is -0.487 e. The Kier molecular flexibility index (Phi) is 6.91. The first-order chi connectivity index (χ1) is 20.3. The summed E-state index contributed by atoms with van der Waals surface area (Å²) in [4.78, 5) is 33.3. The largest absolute Gasteiger partial charge is 0.487 e. The Morgan fingerprint density at radius 2 is 1.86 bits per heavy atom. The van der Waals surface area contributed by atoms with Gasteiger partial charge in [0.2, 0.25) is 0 Å². The van der Waals surface area contributed by atoms with Crippen LogP contribution in [0.15, 0.2) is 66.9 Å². The van der Waals surface area contributed by atoms with Crippen molar-refractivity contribution in [2.24, 2.45) is 0 Å². The lowest BCUT2D eigenvalue weighted by Gasteiger charge is -2.39. The number of aliphatic carboxylic acids is 1. The highest BCUT2D eigenvalue weighted by Gasteiger charge is 2.47. The van der Waals surface area contributed by atoms with Crippen molar-refractivity contribution >= 4 is 34.3 Å². The van der Waals surface area contributed by atoms with Crippen LogP contribution in [0.25, 0.3) is 26.7 Å². The summed E-state index contributed by atoms with van der Waals surface area (Å²) in [6, 6.07) is 19.4. The zero-order chi connectivity index (χ0) is 29.4. The molecule has 1 spiro atoms. The standard InChI is InChI=1S/C33H30N4O5/c1-35-24-7-5-23(17-30(38)39)28(18-24)42-29-19-33(10-13-37(14-11-33)32(40)41-2)27-8-6-22(16-26(27)29)21-4-3-20-9-12-36-31(34)25(20)15-21/h3-9,12,15-16,18,29H,10-11,13-14,17,19H2,2H3,(H2,34,36)(H,38,39). The molecule has 3 N–H and O–H groups in total. The number of aromatic nitrogens is 1. The van der Waals surface area contributed by atoms with Crippen molar-refractivity contribution in [1.29, 1.82) is 0 Å². The second kappa shape index (κ2) is 10.7. The summed E-state index contributed by atoms with van der Waals surface area (Å²) >= 11 is 0. The quantitative estimate of drug-likeness (QED) is 0.275. The molecule has 1 fully saturated rings. The predicted octanol–water partition coefficient (Wildman–Crippen LogP) is 6.29. The highest BCUT2D eigenvalue weighted by molar-refractivity contribution is 5.94. The van der Waals surface area contributed by atoms with Gasteiger partial charge in [0, 0.05) is 35.7 Å². The number of ether oxygens (including phenoxy) is 2. The Labute approximate surface area is 243 Å². The van der Waals surface area contributed by atoms with E-state index in [-0.39, 0.29) is 24.0 Å². The van der Waals surface area contributed by atoms with E-state index in [0.717, 1.165) is 40.3 Å². The van der Waals surface area contributed by atoms with Crippen LogP contribution in [0.2, 0.25) is 0 Å². The number of likely N-dealkylation sites (tertiary alicyclic amines) is 1. The van der Waals surface area contributed by atoms with Crippen LogP contribution >= 0.6 is 0 Å². The van der Waals surface area contributed by atoms with Crippen LogP contribution in [-0.4, -0.2) is 47.3 Å². The summed E-state index contributed by atoms with van der Waals surface area (Å²) < 4.78 is 11.6. The van der Waals surface area contributed by atoms with Gasteiger partial charge in [0.1, 0.15) is 17.7 Å². The van der Waals surface area contributed by atoms with E-state index in [2.05, 4.69) is 34.1 Å². The number of carboxylic acid groups (broad SMARTS) is 1. The highest BCUT2D eigenvalue weighted by Crippen LogP contribution is 2.53. The molecule has 3 aromatic carbocycles. The molecule has 1 aromatic heterocycles. The molecule has 1 saturated heterocycles. The molecule has 9 nitrogen and oxygen atoms in total. The van der Waals surface area contributed by atoms with Crippen LogP contribution in [0.5, 0.6) is 5.75 Å². The minimum absolute atomic E-state index is 0.209. The molecule has 0 bridgehead atoms. The maximum absolute atomic E-state index is 12.2. The van der Waals surface area contributed by atoms with Crippen molar-refractivity contribution in [2.45, 2.75) is 37.2 Å². The molecule has 0 radical (unpaired) electrons. The summed E-state index contributed by atoms with van der Waals surface area (Å²) in [5, 5.41) is 11.4. The Hall–Kier alpha value is -5.10. The topological polar surface area (TPSA) is 119 Å². The first-order valence-corrected chi connectivity index (χ1v) is 13.8. The van der Waals surface area contributed by atoms with Gasteiger partial charge in [-0.1, -0.05) is 36.4 Å². The molecular weight excluding hydrogens is 532 g/mol. The zero-order valence-electron chi connectivity index (χ0n) is 23.2. The van der Waals surface area contributed by atoms with E-state index in [0.29, 0.717) is 42.3 Å². The number of nitrogen functional groups attached to an aromatic ring is 1. The van der Waals surface area contributed by atoms with Crippen LogP contribution in [0.1, 0.15) is 42.1 Å². The number of hydrogen-bond donors (Lipinski definition) is 2. The van der Waals surface area contributed by atoms with Gasteiger partial charge in [0.25, 0.3) is 0 Å². The van der Waals surface area contributed by atoms with E-state index in [9.17, 15) is 14.7 Å². The summed E-state index contributed by atoms with van der Waals surface area (Å²) in [7, 11) is 1.39. The number of methoxy groups -OCH3 is 1. The average molecular weight is 563 g/mol. The van der Waals surface area contributed by atoms with Crippen LogP contribution in [0.4, 0.5) is 16.3 Å². The molecule has 42 heavy (non-hydrogen) atoms. The Bertz CT molecular complexity index is 1750. The molecule has 1 unspecified atom stereocenters. The molecule has 4 aromatic rings. The fourth-order valence-corrected chi connectivity index (χ4v) is 6.45. The SMILES string of the molecule is [C-]#[N+]c1ccc(CC(=O)O)c(OC2CC3(CCN(C(=O)OC)CC3)c3ccc(-c4ccc5ccnc(N)c5c4)cc32)c1. The predicted molar refractivity (Wildman–Crippen MR) is 159 cm³/mol. The molecule has 212 valence electrons. The first kappa shape index (κ1) is 27.1. The molecule has 0 saturated carbocycles. The second-order valence-electron chi connectivity index (χ2n) is 11.0. The van der Waals surface area contributed by atoms with Crippen molar-refractivity contribution in [2.75, 3.05) is 25.9 Å². The number of amides is 1. The number of fused-ring (bicyclic) bond motifs is 3. The minimum atomic E-state index is -0.971. The number of nitrogens with two attached hydrogens (primary N) is 1. The molecule has 1 aliphatic heterocycles. The number of hydrogen-bond acceptors (Lipinski definition) is 6. The molecule has 9 heteroatoms. The molecule has 6 rings (SSSR count). The van der Waals surface area contributed by atoms with E-state index < -0.39 is 5.97 Å². The summed E-state index contributed by atoms with van der Waals surface area (Å²) in [6.07, 6.45) is 2.95. The van der Waals surface area contributed by atoms with Gasteiger partial charge in [0.05, 0.1) is 20.1 Å². The number of carboxylic acids is 1. The Balaban J connectivity index is 1.42. The first-order valence-electron chi connectivity index (χ1n) is 13.8. The van der Waals surface area contributed by atoms with E-state index in [1.54, 1.807) is 29.3 Å². The number of rotatable bonds is 5. The molecule has 1 atom stereocenters. The molecule has 2 heterocycles. The van der Waals surface area contributed by atoms with Gasteiger partial charge in [-0.2, -0.15) is 0 Å². The lowest BCUT2D eigenvalue weighted by molar-refractivity contribution is -0.136. The molecule has 2 aliphatic rings. The summed E-state index contributed by atoms with van der Waals surface area (Å²) in [5.74, 6) is -0.0965. The number of nitrogens with zero attached hydrogens (tertiary/aromatic N) is 3.